The average molecular weight is 511 g/mol. The predicted octanol–water partition coefficient (Wildman–Crippen LogP) is 2.80. The molecule has 1 N–H and O–H groups in total. The molecule has 1 unspecified atom stereocenters. The highest BCUT2D eigenvalue weighted by Gasteiger charge is 2.55. The zero-order valence-electron chi connectivity index (χ0n) is 22.6. The fraction of sp³-hybridized carbons (Fsp3) is 0.679. The first-order valence-corrected chi connectivity index (χ1v) is 13.8. The first kappa shape index (κ1) is 26.3. The lowest BCUT2D eigenvalue weighted by molar-refractivity contribution is -0.144. The normalized spacial score (nSPS) is 29.2. The van der Waals surface area contributed by atoms with E-state index < -0.39 is 6.35 Å². The molecule has 1 saturated heterocycles. The molecule has 2 aliphatic carbocycles. The lowest BCUT2D eigenvalue weighted by atomic mass is 9.68. The van der Waals surface area contributed by atoms with Gasteiger partial charge in [-0.05, 0) is 71.0 Å². The smallest absolute Gasteiger partial charge is 0.327 e. The maximum atomic E-state index is 11.8. The van der Waals surface area contributed by atoms with Gasteiger partial charge >= 0.3 is 5.97 Å². The molecule has 0 bridgehead atoms. The Morgan fingerprint density at radius 1 is 1.16 bits per heavy atom. The van der Waals surface area contributed by atoms with E-state index in [2.05, 4.69) is 69.4 Å². The number of rotatable bonds is 9. The summed E-state index contributed by atoms with van der Waals surface area (Å²) in [5.41, 5.74) is 2.10. The fourth-order valence-corrected chi connectivity index (χ4v) is 6.72. The Balaban J connectivity index is 1.33. The molecule has 9 nitrogen and oxygen atoms in total. The Morgan fingerprint density at radius 3 is 2.51 bits per heavy atom. The molecule has 2 heterocycles. The third-order valence-electron chi connectivity index (χ3n) is 9.11. The number of aliphatic hydroxyl groups excluding tert-OH is 1. The fourth-order valence-electron chi connectivity index (χ4n) is 6.72. The molecule has 0 amide bonds. The van der Waals surface area contributed by atoms with E-state index in [1.165, 1.54) is 29.5 Å². The number of carbonyl (C=O) groups is 1. The summed E-state index contributed by atoms with van der Waals surface area (Å²) in [6, 6.07) is 10.9. The van der Waals surface area contributed by atoms with E-state index in [0.717, 1.165) is 44.5 Å². The van der Waals surface area contributed by atoms with Gasteiger partial charge in [-0.25, -0.2) is 4.68 Å². The summed E-state index contributed by atoms with van der Waals surface area (Å²) in [7, 11) is 4.40. The van der Waals surface area contributed by atoms with Crippen LogP contribution < -0.4 is 0 Å². The van der Waals surface area contributed by atoms with Crippen molar-refractivity contribution in [1.29, 1.82) is 0 Å². The van der Waals surface area contributed by atoms with E-state index in [-0.39, 0.29) is 23.6 Å². The summed E-state index contributed by atoms with van der Waals surface area (Å²) in [4.78, 5) is 18.8. The number of esters is 1. The van der Waals surface area contributed by atoms with Crippen molar-refractivity contribution >= 4 is 5.97 Å². The first-order chi connectivity index (χ1) is 17.8. The highest BCUT2D eigenvalue weighted by atomic mass is 16.5. The summed E-state index contributed by atoms with van der Waals surface area (Å²) in [6.07, 6.45) is 9.15. The SMILES string of the molecule is CCOC(=O)Cn1cc(CN2CC3(CCC(c4ccccc4)(N(C)C)CC3)N(CC3CCC3)C2O)nn1. The zero-order valence-corrected chi connectivity index (χ0v) is 22.6. The quantitative estimate of drug-likeness (QED) is 0.516. The van der Waals surface area contributed by atoms with Crippen LogP contribution in [0.25, 0.3) is 0 Å². The Kier molecular flexibility index (Phi) is 7.68. The third kappa shape index (κ3) is 5.19. The number of nitrogens with zero attached hydrogens (tertiary/aromatic N) is 6. The van der Waals surface area contributed by atoms with Gasteiger partial charge in [0.05, 0.1) is 18.5 Å². The summed E-state index contributed by atoms with van der Waals surface area (Å²) < 4.78 is 6.54. The first-order valence-electron chi connectivity index (χ1n) is 13.8. The van der Waals surface area contributed by atoms with Crippen LogP contribution in [0.3, 0.4) is 0 Å². The van der Waals surface area contributed by atoms with Gasteiger partial charge in [-0.3, -0.25) is 19.5 Å². The molecule has 2 aromatic rings. The van der Waals surface area contributed by atoms with Crippen molar-refractivity contribution in [3.8, 4) is 0 Å². The highest BCUT2D eigenvalue weighted by molar-refractivity contribution is 5.68. The molecule has 202 valence electrons. The van der Waals surface area contributed by atoms with Crippen molar-refractivity contribution in [3.63, 3.8) is 0 Å². The van der Waals surface area contributed by atoms with E-state index in [4.69, 9.17) is 4.74 Å². The van der Waals surface area contributed by atoms with Gasteiger partial charge in [-0.15, -0.1) is 5.10 Å². The number of hydrogen-bond donors (Lipinski definition) is 1. The van der Waals surface area contributed by atoms with Crippen LogP contribution >= 0.6 is 0 Å². The van der Waals surface area contributed by atoms with Gasteiger partial charge in [0, 0.05) is 30.7 Å². The second-order valence-corrected chi connectivity index (χ2v) is 11.4. The molecule has 37 heavy (non-hydrogen) atoms. The summed E-state index contributed by atoms with van der Waals surface area (Å²) in [6.45, 7) is 4.45. The predicted molar refractivity (Wildman–Crippen MR) is 140 cm³/mol. The van der Waals surface area contributed by atoms with Crippen LogP contribution in [0, 0.1) is 5.92 Å². The number of aromatic nitrogens is 3. The van der Waals surface area contributed by atoms with E-state index in [1.54, 1.807) is 13.1 Å². The highest BCUT2D eigenvalue weighted by Crippen LogP contribution is 2.50. The summed E-state index contributed by atoms with van der Waals surface area (Å²) >= 11 is 0. The topological polar surface area (TPSA) is 87.0 Å². The summed E-state index contributed by atoms with van der Waals surface area (Å²) in [5.74, 6) is 0.349. The molecule has 1 spiro atoms. The van der Waals surface area contributed by atoms with E-state index >= 15 is 0 Å². The lowest BCUT2D eigenvalue weighted by Crippen LogP contribution is -2.57. The molecular weight excluding hydrogens is 468 g/mol. The van der Waals surface area contributed by atoms with Crippen molar-refractivity contribution in [3.05, 3.63) is 47.8 Å². The van der Waals surface area contributed by atoms with Gasteiger partial charge in [0.15, 0.2) is 6.35 Å². The lowest BCUT2D eigenvalue weighted by Gasteiger charge is -2.52. The van der Waals surface area contributed by atoms with Crippen LogP contribution in [0.4, 0.5) is 0 Å². The second kappa shape index (κ2) is 10.8. The maximum Gasteiger partial charge on any atom is 0.327 e. The van der Waals surface area contributed by atoms with Gasteiger partial charge in [0.2, 0.25) is 0 Å². The van der Waals surface area contributed by atoms with Crippen LogP contribution in [0.2, 0.25) is 0 Å². The van der Waals surface area contributed by atoms with E-state index in [0.29, 0.717) is 19.1 Å². The number of aliphatic hydroxyl groups is 1. The molecule has 0 radical (unpaired) electrons. The molecular formula is C28H42N6O3. The number of carbonyl (C=O) groups excluding carboxylic acids is 1. The second-order valence-electron chi connectivity index (χ2n) is 11.4. The van der Waals surface area contributed by atoms with Crippen LogP contribution in [0.1, 0.15) is 63.1 Å². The van der Waals surface area contributed by atoms with Gasteiger partial charge in [0.1, 0.15) is 6.54 Å². The molecule has 3 aliphatic rings. The van der Waals surface area contributed by atoms with Gasteiger partial charge in [0.25, 0.3) is 0 Å². The Hall–Kier alpha value is -2.33. The zero-order chi connectivity index (χ0) is 26.0. The Morgan fingerprint density at radius 2 is 1.89 bits per heavy atom. The van der Waals surface area contributed by atoms with Crippen molar-refractivity contribution < 1.29 is 14.6 Å². The third-order valence-corrected chi connectivity index (χ3v) is 9.11. The Labute approximate surface area is 220 Å². The van der Waals surface area contributed by atoms with E-state index in [9.17, 15) is 9.90 Å². The van der Waals surface area contributed by atoms with Crippen molar-refractivity contribution in [2.75, 3.05) is 33.8 Å². The van der Waals surface area contributed by atoms with Gasteiger partial charge in [-0.2, -0.15) is 0 Å². The van der Waals surface area contributed by atoms with Crippen LogP contribution in [0.15, 0.2) is 36.5 Å². The summed E-state index contributed by atoms with van der Waals surface area (Å²) in [5, 5.41) is 20.0. The van der Waals surface area contributed by atoms with Crippen LogP contribution in [-0.2, 0) is 28.2 Å². The largest absolute Gasteiger partial charge is 0.465 e. The molecule has 3 fully saturated rings. The Bertz CT molecular complexity index is 1050. The minimum atomic E-state index is -0.639. The van der Waals surface area contributed by atoms with Gasteiger partial charge < -0.3 is 9.84 Å². The van der Waals surface area contributed by atoms with Crippen LogP contribution in [0.5, 0.6) is 0 Å². The molecule has 2 saturated carbocycles. The van der Waals surface area contributed by atoms with Crippen LogP contribution in [-0.4, -0.2) is 86.5 Å². The number of hydrogen-bond acceptors (Lipinski definition) is 8. The van der Waals surface area contributed by atoms with Gasteiger partial charge in [-0.1, -0.05) is 42.0 Å². The standard InChI is InChI=1S/C28H42N6O3/c1-4-37-25(35)20-33-19-24(29-30-33)18-32-21-27(34(26(32)36)17-22-9-8-10-22)13-15-28(16-14-27,31(2)3)23-11-6-5-7-12-23/h5-7,11-12,19,22,26,36H,4,8-10,13-18,20-21H2,1-3H3. The minimum Gasteiger partial charge on any atom is -0.465 e. The molecule has 1 aromatic heterocycles. The number of benzene rings is 1. The molecule has 1 aromatic carbocycles. The molecule has 1 aliphatic heterocycles. The number of ether oxygens (including phenoxy) is 1. The molecule has 9 heteroatoms. The van der Waals surface area contributed by atoms with Crippen molar-refractivity contribution in [2.24, 2.45) is 5.92 Å². The molecule has 1 atom stereocenters. The maximum absolute atomic E-state index is 11.8. The average Bonchev–Trinajstić information content (AvgIpc) is 3.39. The van der Waals surface area contributed by atoms with Crippen molar-refractivity contribution in [1.82, 2.24) is 29.7 Å². The minimum absolute atomic E-state index is 0.0167. The monoisotopic (exact) mass is 510 g/mol. The molecule has 5 rings (SSSR count). The van der Waals surface area contributed by atoms with E-state index in [1.807, 2.05) is 0 Å². The van der Waals surface area contributed by atoms with Crippen molar-refractivity contribution in [2.45, 2.75) is 82.4 Å².